The molecule has 1 N–H and O–H groups in total. The Balaban J connectivity index is 1.78. The number of hydrogen-bond donors (Lipinski definition) is 1. The molecule has 0 unspecified atom stereocenters. The van der Waals surface area contributed by atoms with Crippen molar-refractivity contribution in [3.8, 4) is 0 Å². The Morgan fingerprint density at radius 2 is 1.24 bits per heavy atom. The van der Waals surface area contributed by atoms with Gasteiger partial charge in [0.15, 0.2) is 0 Å². The van der Waals surface area contributed by atoms with Crippen LogP contribution in [-0.4, -0.2) is 11.8 Å². The fourth-order valence-electron chi connectivity index (χ4n) is 4.15. The van der Waals surface area contributed by atoms with E-state index in [9.17, 15) is 9.59 Å². The standard InChI is InChI=1S/C30H32N2O2/c1-18(2)22-9-13-25(14-10-22)31-28-27(24-8-7-20(5)21(6)17-24)29(33)32(30(28)34)26-15-11-23(12-16-26)19(3)4/h7-19,31H,1-6H3. The van der Waals surface area contributed by atoms with Crippen LogP contribution in [0.5, 0.6) is 0 Å². The summed E-state index contributed by atoms with van der Waals surface area (Å²) < 4.78 is 0. The molecule has 0 atom stereocenters. The van der Waals surface area contributed by atoms with Crippen LogP contribution < -0.4 is 10.2 Å². The first-order chi connectivity index (χ1) is 16.2. The van der Waals surface area contributed by atoms with Crippen LogP contribution in [0.4, 0.5) is 11.4 Å². The molecule has 2 amide bonds. The lowest BCUT2D eigenvalue weighted by Crippen LogP contribution is -2.32. The fourth-order valence-corrected chi connectivity index (χ4v) is 4.15. The van der Waals surface area contributed by atoms with Gasteiger partial charge in [-0.05, 0) is 77.8 Å². The van der Waals surface area contributed by atoms with E-state index in [-0.39, 0.29) is 11.8 Å². The Morgan fingerprint density at radius 3 is 1.76 bits per heavy atom. The molecule has 0 saturated carbocycles. The van der Waals surface area contributed by atoms with E-state index in [1.807, 2.05) is 80.6 Å². The quantitative estimate of drug-likeness (QED) is 0.412. The average molecular weight is 453 g/mol. The molecule has 34 heavy (non-hydrogen) atoms. The summed E-state index contributed by atoms with van der Waals surface area (Å²) in [5, 5.41) is 3.27. The number of nitrogens with zero attached hydrogens (tertiary/aromatic N) is 1. The van der Waals surface area contributed by atoms with Crippen molar-refractivity contribution in [2.75, 3.05) is 10.2 Å². The summed E-state index contributed by atoms with van der Waals surface area (Å²) in [6, 6.07) is 21.6. The van der Waals surface area contributed by atoms with Crippen molar-refractivity contribution in [3.63, 3.8) is 0 Å². The zero-order valence-corrected chi connectivity index (χ0v) is 20.8. The number of rotatable bonds is 6. The van der Waals surface area contributed by atoms with E-state index in [4.69, 9.17) is 0 Å². The van der Waals surface area contributed by atoms with Crippen molar-refractivity contribution in [2.45, 2.75) is 53.4 Å². The van der Waals surface area contributed by atoms with Crippen LogP contribution >= 0.6 is 0 Å². The van der Waals surface area contributed by atoms with Crippen LogP contribution in [0.3, 0.4) is 0 Å². The Bertz CT molecular complexity index is 1270. The van der Waals surface area contributed by atoms with Crippen molar-refractivity contribution < 1.29 is 9.59 Å². The molecule has 0 radical (unpaired) electrons. The molecule has 4 rings (SSSR count). The number of imide groups is 1. The van der Waals surface area contributed by atoms with E-state index in [2.05, 4.69) is 33.0 Å². The van der Waals surface area contributed by atoms with Crippen LogP contribution in [-0.2, 0) is 9.59 Å². The highest BCUT2D eigenvalue weighted by atomic mass is 16.2. The van der Waals surface area contributed by atoms with Gasteiger partial charge in [0.25, 0.3) is 11.8 Å². The van der Waals surface area contributed by atoms with E-state index in [0.717, 1.165) is 27.9 Å². The summed E-state index contributed by atoms with van der Waals surface area (Å²) >= 11 is 0. The highest BCUT2D eigenvalue weighted by Gasteiger charge is 2.40. The molecular weight excluding hydrogens is 420 g/mol. The molecule has 3 aromatic carbocycles. The molecule has 1 heterocycles. The number of amides is 2. The van der Waals surface area contributed by atoms with Gasteiger partial charge in [-0.3, -0.25) is 9.59 Å². The lowest BCUT2D eigenvalue weighted by Gasteiger charge is -2.17. The number of carbonyl (C=O) groups is 2. The van der Waals surface area contributed by atoms with Gasteiger partial charge in [-0.25, -0.2) is 4.90 Å². The topological polar surface area (TPSA) is 49.4 Å². The minimum absolute atomic E-state index is 0.304. The molecule has 0 aromatic heterocycles. The normalized spacial score (nSPS) is 14.1. The van der Waals surface area contributed by atoms with E-state index in [1.165, 1.54) is 10.5 Å². The smallest absolute Gasteiger partial charge is 0.282 e. The number of anilines is 2. The summed E-state index contributed by atoms with van der Waals surface area (Å²) in [5.41, 5.74) is 7.39. The lowest BCUT2D eigenvalue weighted by molar-refractivity contribution is -0.120. The summed E-state index contributed by atoms with van der Waals surface area (Å²) in [5.74, 6) is 0.128. The van der Waals surface area contributed by atoms with Gasteiger partial charge >= 0.3 is 0 Å². The van der Waals surface area contributed by atoms with Gasteiger partial charge in [0, 0.05) is 5.69 Å². The monoisotopic (exact) mass is 452 g/mol. The summed E-state index contributed by atoms with van der Waals surface area (Å²) in [4.78, 5) is 28.6. The summed E-state index contributed by atoms with van der Waals surface area (Å²) in [7, 11) is 0. The van der Waals surface area contributed by atoms with Crippen molar-refractivity contribution in [2.24, 2.45) is 0 Å². The molecule has 0 aliphatic carbocycles. The number of benzene rings is 3. The Kier molecular flexibility index (Phi) is 6.43. The molecule has 0 saturated heterocycles. The van der Waals surface area contributed by atoms with E-state index in [0.29, 0.717) is 28.8 Å². The van der Waals surface area contributed by atoms with Crippen LogP contribution in [0, 0.1) is 13.8 Å². The van der Waals surface area contributed by atoms with Gasteiger partial charge in [-0.15, -0.1) is 0 Å². The highest BCUT2D eigenvalue weighted by Crippen LogP contribution is 2.35. The molecule has 3 aromatic rings. The van der Waals surface area contributed by atoms with Crippen LogP contribution in [0.2, 0.25) is 0 Å². The maximum absolute atomic E-state index is 13.7. The Morgan fingerprint density at radius 1 is 0.676 bits per heavy atom. The minimum atomic E-state index is -0.344. The maximum Gasteiger partial charge on any atom is 0.282 e. The predicted molar refractivity (Wildman–Crippen MR) is 140 cm³/mol. The Hall–Kier alpha value is -3.66. The third-order valence-electron chi connectivity index (χ3n) is 6.54. The van der Waals surface area contributed by atoms with Gasteiger partial charge in [0.05, 0.1) is 11.3 Å². The second kappa shape index (κ2) is 9.30. The molecule has 0 spiro atoms. The fraction of sp³-hybridized carbons (Fsp3) is 0.267. The summed E-state index contributed by atoms with van der Waals surface area (Å²) in [6.07, 6.45) is 0. The zero-order valence-electron chi connectivity index (χ0n) is 20.8. The molecule has 174 valence electrons. The number of aryl methyl sites for hydroxylation is 2. The van der Waals surface area contributed by atoms with E-state index in [1.54, 1.807) is 0 Å². The van der Waals surface area contributed by atoms with Crippen LogP contribution in [0.1, 0.15) is 67.3 Å². The van der Waals surface area contributed by atoms with Crippen LogP contribution in [0.15, 0.2) is 72.4 Å². The van der Waals surface area contributed by atoms with Gasteiger partial charge in [0.1, 0.15) is 5.70 Å². The van der Waals surface area contributed by atoms with Gasteiger partial charge in [0.2, 0.25) is 0 Å². The second-order valence-corrected chi connectivity index (χ2v) is 9.64. The van der Waals surface area contributed by atoms with Gasteiger partial charge < -0.3 is 5.32 Å². The first-order valence-electron chi connectivity index (χ1n) is 11.8. The third-order valence-corrected chi connectivity index (χ3v) is 6.54. The number of nitrogens with one attached hydrogen (secondary N) is 1. The number of carbonyl (C=O) groups excluding carboxylic acids is 2. The molecule has 1 aliphatic rings. The zero-order chi connectivity index (χ0) is 24.6. The van der Waals surface area contributed by atoms with Gasteiger partial charge in [-0.2, -0.15) is 0 Å². The van der Waals surface area contributed by atoms with Crippen LogP contribution in [0.25, 0.3) is 5.57 Å². The molecular formula is C30H32N2O2. The van der Waals surface area contributed by atoms with E-state index >= 15 is 0 Å². The van der Waals surface area contributed by atoms with Crippen molar-refractivity contribution in [1.29, 1.82) is 0 Å². The van der Waals surface area contributed by atoms with Crippen molar-refractivity contribution in [3.05, 3.63) is 100 Å². The molecule has 0 bridgehead atoms. The van der Waals surface area contributed by atoms with E-state index < -0.39 is 0 Å². The third kappa shape index (κ3) is 4.41. The lowest BCUT2D eigenvalue weighted by atomic mass is 9.99. The first-order valence-corrected chi connectivity index (χ1v) is 11.8. The maximum atomic E-state index is 13.7. The molecule has 4 nitrogen and oxygen atoms in total. The first kappa shape index (κ1) is 23.5. The minimum Gasteiger partial charge on any atom is -0.350 e. The average Bonchev–Trinajstić information content (AvgIpc) is 3.05. The largest absolute Gasteiger partial charge is 0.350 e. The molecule has 1 aliphatic heterocycles. The van der Waals surface area contributed by atoms with Gasteiger partial charge in [-0.1, -0.05) is 70.2 Å². The molecule has 4 heteroatoms. The SMILES string of the molecule is Cc1ccc(C2=C(Nc3ccc(C(C)C)cc3)C(=O)N(c3ccc(C(C)C)cc3)C2=O)cc1C. The predicted octanol–water partition coefficient (Wildman–Crippen LogP) is 6.95. The molecule has 0 fully saturated rings. The summed E-state index contributed by atoms with van der Waals surface area (Å²) in [6.45, 7) is 12.6. The Labute approximate surface area is 202 Å². The second-order valence-electron chi connectivity index (χ2n) is 9.64. The van der Waals surface area contributed by atoms with Crippen molar-refractivity contribution >= 4 is 28.8 Å². The number of hydrogen-bond acceptors (Lipinski definition) is 3. The highest BCUT2D eigenvalue weighted by molar-refractivity contribution is 6.46. The van der Waals surface area contributed by atoms with Crippen molar-refractivity contribution in [1.82, 2.24) is 0 Å².